The topological polar surface area (TPSA) is 59.5 Å². The number of likely N-dealkylation sites (N-methyl/N-ethyl adjacent to an activating group) is 1. The van der Waals surface area contributed by atoms with Crippen LogP contribution in [0.4, 0.5) is 0 Å². The van der Waals surface area contributed by atoms with Crippen LogP contribution in [0.2, 0.25) is 0 Å². The highest BCUT2D eigenvalue weighted by atomic mass is 15.3. The molecule has 5 nitrogen and oxygen atoms in total. The van der Waals surface area contributed by atoms with Gasteiger partial charge in [0.05, 0.1) is 0 Å². The molecule has 0 spiro atoms. The quantitative estimate of drug-likeness (QED) is 0.900. The first-order valence-corrected chi connectivity index (χ1v) is 7.01. The van der Waals surface area contributed by atoms with Crippen molar-refractivity contribution in [2.24, 2.45) is 5.73 Å². The Hall–Kier alpha value is -1.46. The van der Waals surface area contributed by atoms with Crippen molar-refractivity contribution in [2.45, 2.75) is 38.3 Å². The molecule has 102 valence electrons. The van der Waals surface area contributed by atoms with Crippen LogP contribution in [-0.2, 0) is 13.0 Å². The lowest BCUT2D eigenvalue weighted by Gasteiger charge is -2.31. The predicted molar refractivity (Wildman–Crippen MR) is 74.9 cm³/mol. The summed E-state index contributed by atoms with van der Waals surface area (Å²) in [6.07, 6.45) is 6.79. The van der Waals surface area contributed by atoms with Crippen molar-refractivity contribution < 1.29 is 0 Å². The summed E-state index contributed by atoms with van der Waals surface area (Å²) < 4.78 is 1.85. The van der Waals surface area contributed by atoms with Crippen LogP contribution in [0.3, 0.4) is 0 Å². The number of aromatic nitrogens is 3. The normalized spacial score (nSPS) is 21.1. The highest BCUT2D eigenvalue weighted by Gasteiger charge is 2.20. The van der Waals surface area contributed by atoms with Crippen LogP contribution < -0.4 is 5.73 Å². The lowest BCUT2D eigenvalue weighted by atomic mass is 10.00. The Balaban J connectivity index is 1.81. The molecule has 0 aliphatic carbocycles. The summed E-state index contributed by atoms with van der Waals surface area (Å²) in [5.41, 5.74) is 7.64. The van der Waals surface area contributed by atoms with Crippen molar-refractivity contribution in [2.75, 3.05) is 13.6 Å². The van der Waals surface area contributed by atoms with Gasteiger partial charge in [-0.15, -0.1) is 0 Å². The lowest BCUT2D eigenvalue weighted by Crippen LogP contribution is -2.37. The molecule has 0 bridgehead atoms. The molecule has 1 fully saturated rings. The second-order valence-corrected chi connectivity index (χ2v) is 5.41. The number of rotatable bonds is 3. The van der Waals surface area contributed by atoms with Crippen LogP contribution in [0.1, 0.15) is 30.7 Å². The average Bonchev–Trinajstić information content (AvgIpc) is 2.82. The Labute approximate surface area is 113 Å². The SMILES string of the molecule is CN1CCCCC1Cc1nc2ccc(CN)cn2n1. The Bertz CT molecular complexity index is 562. The zero-order chi connectivity index (χ0) is 13.2. The van der Waals surface area contributed by atoms with Crippen molar-refractivity contribution in [3.8, 4) is 0 Å². The molecule has 1 aliphatic rings. The third kappa shape index (κ3) is 2.62. The molecule has 0 aromatic carbocycles. The van der Waals surface area contributed by atoms with E-state index >= 15 is 0 Å². The van der Waals surface area contributed by atoms with Gasteiger partial charge in [-0.25, -0.2) is 9.50 Å². The number of fused-ring (bicyclic) bond motifs is 1. The van der Waals surface area contributed by atoms with E-state index in [9.17, 15) is 0 Å². The van der Waals surface area contributed by atoms with Crippen molar-refractivity contribution in [3.05, 3.63) is 29.7 Å². The molecule has 2 aromatic heterocycles. The molecule has 2 N–H and O–H groups in total. The van der Waals surface area contributed by atoms with Crippen molar-refractivity contribution in [1.29, 1.82) is 0 Å². The second kappa shape index (κ2) is 5.27. The van der Waals surface area contributed by atoms with Crippen LogP contribution in [0, 0.1) is 0 Å². The molecule has 3 heterocycles. The minimum Gasteiger partial charge on any atom is -0.326 e. The van der Waals surface area contributed by atoms with Gasteiger partial charge in [0.25, 0.3) is 0 Å². The van der Waals surface area contributed by atoms with Crippen molar-refractivity contribution in [1.82, 2.24) is 19.5 Å². The van der Waals surface area contributed by atoms with E-state index in [0.29, 0.717) is 12.6 Å². The van der Waals surface area contributed by atoms with Gasteiger partial charge in [-0.2, -0.15) is 5.10 Å². The molecule has 0 amide bonds. The minimum absolute atomic E-state index is 0.538. The minimum atomic E-state index is 0.538. The highest BCUT2D eigenvalue weighted by Crippen LogP contribution is 2.18. The van der Waals surface area contributed by atoms with Gasteiger partial charge in [0.15, 0.2) is 11.5 Å². The summed E-state index contributed by atoms with van der Waals surface area (Å²) in [6, 6.07) is 4.59. The third-order valence-corrected chi connectivity index (χ3v) is 4.01. The molecular formula is C14H21N5. The van der Waals surface area contributed by atoms with Gasteiger partial charge in [-0.1, -0.05) is 12.5 Å². The van der Waals surface area contributed by atoms with Crippen molar-refractivity contribution in [3.63, 3.8) is 0 Å². The lowest BCUT2D eigenvalue weighted by molar-refractivity contribution is 0.182. The van der Waals surface area contributed by atoms with Gasteiger partial charge >= 0.3 is 0 Å². The zero-order valence-corrected chi connectivity index (χ0v) is 11.4. The first-order valence-electron chi connectivity index (χ1n) is 7.01. The van der Waals surface area contributed by atoms with Gasteiger partial charge in [0.1, 0.15) is 0 Å². The number of pyridine rings is 1. The fourth-order valence-electron chi connectivity index (χ4n) is 2.79. The maximum Gasteiger partial charge on any atom is 0.155 e. The number of likely N-dealkylation sites (tertiary alicyclic amines) is 1. The Morgan fingerprint density at radius 1 is 1.37 bits per heavy atom. The molecule has 19 heavy (non-hydrogen) atoms. The van der Waals surface area contributed by atoms with Crippen molar-refractivity contribution >= 4 is 5.65 Å². The molecule has 3 rings (SSSR count). The third-order valence-electron chi connectivity index (χ3n) is 4.01. The fourth-order valence-corrected chi connectivity index (χ4v) is 2.79. The van der Waals surface area contributed by atoms with E-state index in [1.807, 2.05) is 22.8 Å². The Morgan fingerprint density at radius 2 is 2.26 bits per heavy atom. The zero-order valence-electron chi connectivity index (χ0n) is 11.4. The summed E-state index contributed by atoms with van der Waals surface area (Å²) in [6.45, 7) is 1.73. The van der Waals surface area contributed by atoms with Gasteiger partial charge in [0, 0.05) is 25.2 Å². The Morgan fingerprint density at radius 3 is 3.05 bits per heavy atom. The van der Waals surface area contributed by atoms with Crippen LogP contribution in [-0.4, -0.2) is 39.1 Å². The van der Waals surface area contributed by atoms with E-state index in [0.717, 1.165) is 23.5 Å². The number of hydrogen-bond donors (Lipinski definition) is 1. The van der Waals surface area contributed by atoms with E-state index in [-0.39, 0.29) is 0 Å². The van der Waals surface area contributed by atoms with Gasteiger partial charge in [-0.05, 0) is 38.1 Å². The average molecular weight is 259 g/mol. The summed E-state index contributed by atoms with van der Waals surface area (Å²) in [4.78, 5) is 7.03. The number of nitrogens with zero attached hydrogens (tertiary/aromatic N) is 4. The number of piperidine rings is 1. The van der Waals surface area contributed by atoms with Gasteiger partial charge in [0.2, 0.25) is 0 Å². The molecule has 1 unspecified atom stereocenters. The molecule has 0 saturated carbocycles. The number of hydrogen-bond acceptors (Lipinski definition) is 4. The fraction of sp³-hybridized carbons (Fsp3) is 0.571. The molecule has 2 aromatic rings. The largest absolute Gasteiger partial charge is 0.326 e. The summed E-state index contributed by atoms with van der Waals surface area (Å²) in [7, 11) is 2.20. The molecule has 1 atom stereocenters. The molecule has 1 aliphatic heterocycles. The standard InChI is InChI=1S/C14H21N5/c1-18-7-3-2-4-12(18)8-13-16-14-6-5-11(9-15)10-19(14)17-13/h5-6,10,12H,2-4,7-9,15H2,1H3. The second-order valence-electron chi connectivity index (χ2n) is 5.41. The molecule has 1 saturated heterocycles. The van der Waals surface area contributed by atoms with Gasteiger partial charge < -0.3 is 10.6 Å². The first-order chi connectivity index (χ1) is 9.26. The number of nitrogens with two attached hydrogens (primary N) is 1. The molecule has 5 heteroatoms. The maximum absolute atomic E-state index is 5.65. The smallest absolute Gasteiger partial charge is 0.155 e. The monoisotopic (exact) mass is 259 g/mol. The summed E-state index contributed by atoms with van der Waals surface area (Å²) >= 11 is 0. The van der Waals surface area contributed by atoms with E-state index in [1.165, 1.54) is 25.8 Å². The molecular weight excluding hydrogens is 238 g/mol. The van der Waals surface area contributed by atoms with E-state index in [2.05, 4.69) is 22.0 Å². The van der Waals surface area contributed by atoms with Crippen LogP contribution in [0.15, 0.2) is 18.3 Å². The summed E-state index contributed by atoms with van der Waals surface area (Å²) in [5.74, 6) is 0.938. The molecule has 0 radical (unpaired) electrons. The van der Waals surface area contributed by atoms with Gasteiger partial charge in [-0.3, -0.25) is 0 Å². The first kappa shape index (κ1) is 12.6. The van der Waals surface area contributed by atoms with Crippen LogP contribution in [0.25, 0.3) is 5.65 Å². The van der Waals surface area contributed by atoms with E-state index in [1.54, 1.807) is 0 Å². The van der Waals surface area contributed by atoms with E-state index < -0.39 is 0 Å². The highest BCUT2D eigenvalue weighted by molar-refractivity contribution is 5.38. The maximum atomic E-state index is 5.65. The van der Waals surface area contributed by atoms with Crippen LogP contribution in [0.5, 0.6) is 0 Å². The predicted octanol–water partition coefficient (Wildman–Crippen LogP) is 1.21. The Kier molecular flexibility index (Phi) is 3.48. The van der Waals surface area contributed by atoms with E-state index in [4.69, 9.17) is 5.73 Å². The summed E-state index contributed by atoms with van der Waals surface area (Å²) in [5, 5.41) is 4.57. The van der Waals surface area contributed by atoms with Crippen LogP contribution >= 0.6 is 0 Å².